The lowest BCUT2D eigenvalue weighted by Crippen LogP contribution is -2.39. The maximum Gasteiger partial charge on any atom is 0.397 e. The molecule has 3 aromatic heterocycles. The Hall–Kier alpha value is -2.91. The lowest BCUT2D eigenvalue weighted by atomic mass is 10.2. The lowest BCUT2D eigenvalue weighted by Gasteiger charge is -2.21. The van der Waals surface area contributed by atoms with Gasteiger partial charge in [0.2, 0.25) is 5.91 Å². The Morgan fingerprint density at radius 2 is 2.19 bits per heavy atom. The van der Waals surface area contributed by atoms with Crippen LogP contribution in [0.3, 0.4) is 0 Å². The normalized spacial score (nSPS) is 18.0. The largest absolute Gasteiger partial charge is 0.397 e. The van der Waals surface area contributed by atoms with E-state index in [9.17, 15) is 18.0 Å². The number of aromatic amines is 1. The Morgan fingerprint density at radius 3 is 3.00 bits per heavy atom. The lowest BCUT2D eigenvalue weighted by molar-refractivity contribution is -0.154. The van der Waals surface area contributed by atoms with Crippen LogP contribution in [0.1, 0.15) is 12.8 Å². The third-order valence-electron chi connectivity index (χ3n) is 4.40. The molecular formula is C16H15F3N6O. The van der Waals surface area contributed by atoms with Crippen molar-refractivity contribution in [3.63, 3.8) is 0 Å². The molecule has 1 saturated heterocycles. The monoisotopic (exact) mass is 364 g/mol. The zero-order valence-corrected chi connectivity index (χ0v) is 13.5. The van der Waals surface area contributed by atoms with Crippen molar-refractivity contribution in [3.8, 4) is 0 Å². The van der Waals surface area contributed by atoms with Crippen molar-refractivity contribution in [2.24, 2.45) is 0 Å². The molecule has 3 aromatic rings. The van der Waals surface area contributed by atoms with Gasteiger partial charge in [-0.3, -0.25) is 4.79 Å². The molecule has 0 radical (unpaired) electrons. The van der Waals surface area contributed by atoms with Gasteiger partial charge in [-0.15, -0.1) is 10.2 Å². The van der Waals surface area contributed by atoms with Crippen LogP contribution in [-0.2, 0) is 4.79 Å². The van der Waals surface area contributed by atoms with Crippen LogP contribution in [0.4, 0.5) is 18.9 Å². The van der Waals surface area contributed by atoms with Crippen LogP contribution < -0.4 is 10.2 Å². The number of hydrogen-bond acceptors (Lipinski definition) is 5. The number of hydrogen-bond donors (Lipinski definition) is 2. The van der Waals surface area contributed by atoms with Crippen molar-refractivity contribution in [1.82, 2.24) is 25.5 Å². The molecule has 1 fully saturated rings. The summed E-state index contributed by atoms with van der Waals surface area (Å²) < 4.78 is 37.0. The average Bonchev–Trinajstić information content (AvgIpc) is 3.21. The summed E-state index contributed by atoms with van der Waals surface area (Å²) >= 11 is 0. The molecule has 0 aliphatic carbocycles. The summed E-state index contributed by atoms with van der Waals surface area (Å²) in [6.45, 7) is 1.04. The first-order valence-electron chi connectivity index (χ1n) is 8.10. The first-order valence-corrected chi connectivity index (χ1v) is 8.10. The Balaban J connectivity index is 1.58. The highest BCUT2D eigenvalue weighted by molar-refractivity contribution is 6.08. The molecule has 7 nitrogen and oxygen atoms in total. The number of nitrogens with one attached hydrogen (secondary N) is 2. The molecule has 0 bridgehead atoms. The minimum absolute atomic E-state index is 0.329. The quantitative estimate of drug-likeness (QED) is 0.744. The maximum absolute atomic E-state index is 12.3. The van der Waals surface area contributed by atoms with Crippen molar-refractivity contribution < 1.29 is 18.0 Å². The zero-order valence-electron chi connectivity index (χ0n) is 13.5. The number of rotatable bonds is 3. The second-order valence-corrected chi connectivity index (χ2v) is 6.26. The number of carbonyl (C=O) groups is 1. The van der Waals surface area contributed by atoms with Gasteiger partial charge in [-0.2, -0.15) is 13.2 Å². The number of H-pyrrole nitrogens is 1. The number of fused-ring (bicyclic) bond motifs is 3. The fourth-order valence-corrected chi connectivity index (χ4v) is 3.34. The second-order valence-electron chi connectivity index (χ2n) is 6.26. The number of amides is 1. The summed E-state index contributed by atoms with van der Waals surface area (Å²) in [5, 5.41) is 12.4. The SMILES string of the molecule is O=C(CC(F)(F)F)NC1CCN(c2ccnc3nnc4[nH]ccc4c23)C1. The van der Waals surface area contributed by atoms with Crippen molar-refractivity contribution in [3.05, 3.63) is 24.5 Å². The number of pyridine rings is 1. The molecule has 0 saturated carbocycles. The summed E-state index contributed by atoms with van der Waals surface area (Å²) in [5.41, 5.74) is 2.02. The van der Waals surface area contributed by atoms with Gasteiger partial charge in [0.1, 0.15) is 6.42 Å². The molecule has 4 heterocycles. The summed E-state index contributed by atoms with van der Waals surface area (Å²) in [5.74, 6) is -0.997. The van der Waals surface area contributed by atoms with E-state index in [2.05, 4.69) is 25.5 Å². The molecule has 2 N–H and O–H groups in total. The summed E-state index contributed by atoms with van der Waals surface area (Å²) in [6.07, 6.45) is -1.99. The molecule has 4 rings (SSSR count). The van der Waals surface area contributed by atoms with Gasteiger partial charge in [0.15, 0.2) is 11.3 Å². The maximum atomic E-state index is 12.3. The van der Waals surface area contributed by atoms with Crippen LogP contribution in [0.25, 0.3) is 22.1 Å². The second kappa shape index (κ2) is 6.11. The van der Waals surface area contributed by atoms with Gasteiger partial charge in [0, 0.05) is 36.9 Å². The van der Waals surface area contributed by atoms with Crippen LogP contribution in [0.15, 0.2) is 24.5 Å². The van der Waals surface area contributed by atoms with Crippen molar-refractivity contribution in [2.75, 3.05) is 18.0 Å². The van der Waals surface area contributed by atoms with E-state index in [4.69, 9.17) is 0 Å². The van der Waals surface area contributed by atoms with Gasteiger partial charge < -0.3 is 15.2 Å². The molecule has 1 atom stereocenters. The van der Waals surface area contributed by atoms with Crippen LogP contribution in [0.2, 0.25) is 0 Å². The Kier molecular flexibility index (Phi) is 3.89. The first kappa shape index (κ1) is 16.6. The van der Waals surface area contributed by atoms with Crippen LogP contribution >= 0.6 is 0 Å². The fraction of sp³-hybridized carbons (Fsp3) is 0.375. The van der Waals surface area contributed by atoms with Gasteiger partial charge in [0.25, 0.3) is 0 Å². The predicted octanol–water partition coefficient (Wildman–Crippen LogP) is 2.15. The van der Waals surface area contributed by atoms with E-state index in [0.29, 0.717) is 30.8 Å². The number of anilines is 1. The zero-order chi connectivity index (χ0) is 18.3. The van der Waals surface area contributed by atoms with Crippen LogP contribution in [0.5, 0.6) is 0 Å². The Morgan fingerprint density at radius 1 is 1.35 bits per heavy atom. The molecule has 0 spiro atoms. The van der Waals surface area contributed by atoms with Crippen molar-refractivity contribution in [1.29, 1.82) is 0 Å². The number of nitrogens with zero attached hydrogens (tertiary/aromatic N) is 4. The van der Waals surface area contributed by atoms with E-state index in [1.165, 1.54) is 0 Å². The van der Waals surface area contributed by atoms with Gasteiger partial charge in [0.05, 0.1) is 11.1 Å². The fourth-order valence-electron chi connectivity index (χ4n) is 3.34. The standard InChI is InChI=1S/C16H15F3N6O/c17-16(18,19)7-12(26)22-9-3-6-25(8-9)11-2-5-21-15-13(11)10-1-4-20-14(10)23-24-15/h1-2,4-5,9H,3,6-8H2,(H,20,23)(H,22,26). The highest BCUT2D eigenvalue weighted by atomic mass is 19.4. The molecule has 0 aromatic carbocycles. The van der Waals surface area contributed by atoms with E-state index in [0.717, 1.165) is 16.5 Å². The molecule has 26 heavy (non-hydrogen) atoms. The van der Waals surface area contributed by atoms with Gasteiger partial charge in [-0.1, -0.05) is 0 Å². The minimum Gasteiger partial charge on any atom is -0.369 e. The topological polar surface area (TPSA) is 86.8 Å². The molecule has 10 heteroatoms. The molecular weight excluding hydrogens is 349 g/mol. The molecule has 1 aliphatic heterocycles. The van der Waals surface area contributed by atoms with Crippen LogP contribution in [-0.4, -0.2) is 51.4 Å². The third-order valence-corrected chi connectivity index (χ3v) is 4.40. The van der Waals surface area contributed by atoms with E-state index in [1.807, 2.05) is 17.0 Å². The third kappa shape index (κ3) is 3.14. The van der Waals surface area contributed by atoms with E-state index in [-0.39, 0.29) is 6.04 Å². The highest BCUT2D eigenvalue weighted by Crippen LogP contribution is 2.32. The number of alkyl halides is 3. The molecule has 1 amide bonds. The van der Waals surface area contributed by atoms with Gasteiger partial charge >= 0.3 is 6.18 Å². The predicted molar refractivity (Wildman–Crippen MR) is 88.6 cm³/mol. The summed E-state index contributed by atoms with van der Waals surface area (Å²) in [4.78, 5) is 20.8. The van der Waals surface area contributed by atoms with Crippen molar-refractivity contribution >= 4 is 33.7 Å². The highest BCUT2D eigenvalue weighted by Gasteiger charge is 2.33. The number of halogens is 3. The Labute approximate surface area is 145 Å². The average molecular weight is 364 g/mol. The molecule has 1 aliphatic rings. The van der Waals surface area contributed by atoms with Crippen molar-refractivity contribution in [2.45, 2.75) is 25.1 Å². The molecule has 136 valence electrons. The molecule has 1 unspecified atom stereocenters. The number of carbonyl (C=O) groups excluding carboxylic acids is 1. The van der Waals surface area contributed by atoms with Crippen LogP contribution in [0, 0.1) is 0 Å². The number of aromatic nitrogens is 4. The van der Waals surface area contributed by atoms with E-state index >= 15 is 0 Å². The first-order chi connectivity index (χ1) is 12.4. The summed E-state index contributed by atoms with van der Waals surface area (Å²) in [6, 6.07) is 3.40. The van der Waals surface area contributed by atoms with E-state index < -0.39 is 18.5 Å². The van der Waals surface area contributed by atoms with Gasteiger partial charge in [-0.25, -0.2) is 4.98 Å². The van der Waals surface area contributed by atoms with E-state index in [1.54, 1.807) is 12.4 Å². The van der Waals surface area contributed by atoms with Gasteiger partial charge in [-0.05, 0) is 18.6 Å². The Bertz CT molecular complexity index is 969. The summed E-state index contributed by atoms with van der Waals surface area (Å²) in [7, 11) is 0. The minimum atomic E-state index is -4.50. The smallest absolute Gasteiger partial charge is 0.369 e.